The molecular weight excluding hydrogens is 633 g/mol. The van der Waals surface area contributed by atoms with Crippen LogP contribution in [0.25, 0.3) is 72.0 Å². The van der Waals surface area contributed by atoms with Crippen molar-refractivity contribution in [3.8, 4) is 67.4 Å². The highest BCUT2D eigenvalue weighted by molar-refractivity contribution is 6.84. The van der Waals surface area contributed by atoms with Crippen LogP contribution in [0.1, 0.15) is 41.1 Å². The Balaban J connectivity index is 1.27. The van der Waals surface area contributed by atoms with Crippen LogP contribution < -0.4 is 20.3 Å². The Labute approximate surface area is 344 Å². The highest BCUT2D eigenvalue weighted by atomic mass is 16.5. The Bertz CT molecular complexity index is 4490. The molecule has 0 N–H and O–H groups in total. The van der Waals surface area contributed by atoms with Gasteiger partial charge in [0.05, 0.1) is 52.2 Å². The van der Waals surface area contributed by atoms with Crippen molar-refractivity contribution in [2.75, 3.05) is 0 Å². The second-order valence-electron chi connectivity index (χ2n) is 11.3. The zero-order valence-electron chi connectivity index (χ0n) is 55.8. The van der Waals surface area contributed by atoms with E-state index < -0.39 is 288 Å². The van der Waals surface area contributed by atoms with Gasteiger partial charge in [0, 0.05) is 32.9 Å². The molecule has 0 aliphatic carbocycles. The van der Waals surface area contributed by atoms with Gasteiger partial charge in [0.1, 0.15) is 17.2 Å². The van der Waals surface area contributed by atoms with Crippen LogP contribution in [0.3, 0.4) is 0 Å². The highest BCUT2D eigenvalue weighted by Crippen LogP contribution is 2.43. The van der Waals surface area contributed by atoms with Crippen molar-refractivity contribution in [3.63, 3.8) is 0 Å². The summed E-state index contributed by atoms with van der Waals surface area (Å²) in [7, 11) is 0. The van der Waals surface area contributed by atoms with Gasteiger partial charge < -0.3 is 14.0 Å². The van der Waals surface area contributed by atoms with Gasteiger partial charge in [-0.2, -0.15) is 0 Å². The number of fused-ring (bicyclic) bond motifs is 7. The summed E-state index contributed by atoms with van der Waals surface area (Å²) in [6.07, 6.45) is 0. The Morgan fingerprint density at radius 1 is 0.423 bits per heavy atom. The van der Waals surface area contributed by atoms with Crippen molar-refractivity contribution in [3.05, 3.63) is 181 Å². The van der Waals surface area contributed by atoms with E-state index in [9.17, 15) is 12.3 Å². The lowest BCUT2D eigenvalue weighted by molar-refractivity contribution is 0.480. The molecule has 242 valence electrons. The third kappa shape index (κ3) is 4.41. The molecule has 3 nitrogen and oxygen atoms in total. The average molecular weight is 694 g/mol. The summed E-state index contributed by atoms with van der Waals surface area (Å²) >= 11 is 0. The fourth-order valence-corrected chi connectivity index (χ4v) is 6.28. The Morgan fingerprint density at radius 3 is 1.83 bits per heavy atom. The van der Waals surface area contributed by atoms with Crippen LogP contribution in [0.2, 0.25) is 0 Å². The molecule has 0 bridgehead atoms. The number of hydrogen-bond acceptors (Lipinski definition) is 2. The van der Waals surface area contributed by atoms with E-state index in [-0.39, 0.29) is 0 Å². The summed E-state index contributed by atoms with van der Waals surface area (Å²) in [6, 6.07) is -28.2. The molecular formula is C48H30BNO2. The van der Waals surface area contributed by atoms with E-state index in [1.807, 2.05) is 0 Å². The summed E-state index contributed by atoms with van der Waals surface area (Å²) < 4.78 is 283. The Morgan fingerprint density at radius 2 is 1.04 bits per heavy atom. The second-order valence-corrected chi connectivity index (χ2v) is 11.3. The largest absolute Gasteiger partial charge is 0.551 e. The van der Waals surface area contributed by atoms with Gasteiger partial charge in [-0.15, -0.1) is 0 Å². The third-order valence-corrected chi connectivity index (χ3v) is 8.48. The fraction of sp³-hybridized carbons (Fsp3) is 0. The quantitative estimate of drug-likeness (QED) is 0.171. The monoisotopic (exact) mass is 693 g/mol. The van der Waals surface area contributed by atoms with Gasteiger partial charge in [-0.3, -0.25) is 0 Å². The first-order valence-electron chi connectivity index (χ1n) is 30.3. The van der Waals surface area contributed by atoms with Crippen molar-refractivity contribution in [1.82, 2.24) is 4.57 Å². The lowest BCUT2D eigenvalue weighted by Gasteiger charge is -2.33. The fourth-order valence-electron chi connectivity index (χ4n) is 6.28. The topological polar surface area (TPSA) is 23.4 Å². The molecule has 0 unspecified atom stereocenters. The van der Waals surface area contributed by atoms with Gasteiger partial charge in [-0.1, -0.05) is 133 Å². The predicted molar refractivity (Wildman–Crippen MR) is 215 cm³/mol. The summed E-state index contributed by atoms with van der Waals surface area (Å²) in [5.74, 6) is -2.34. The molecule has 0 spiro atoms. The SMILES string of the molecule is [2H]c1c([2H])c([2H])c(-c2c([2H])c([2H])c([2H])c([2H])c2-c2c([2H])c3c4c(c2[2H])-c2c([2H])c([2H])c([2H])c([2H])c2OB4c2c([2H])c([2H])c(-c4c([2H])c([2H])c([2H])c(-n5c6c([2H])c([2H])c([2H])c([2H])c6c6c([2H])c([2H])c([2H])c([2H])c65)c4[2H])c([2H])c2O3)c([2H])c1[2H]. The van der Waals surface area contributed by atoms with E-state index in [1.54, 1.807) is 0 Å². The first-order chi connectivity index (χ1) is 38.3. The zero-order chi connectivity index (χ0) is 60.3. The molecule has 0 fully saturated rings. The number of rotatable bonds is 4. The van der Waals surface area contributed by atoms with Crippen LogP contribution in [0, 0.1) is 0 Å². The first-order valence-corrected chi connectivity index (χ1v) is 15.3. The number of benzene rings is 8. The average Bonchev–Trinajstić information content (AvgIpc) is 1.17. The summed E-state index contributed by atoms with van der Waals surface area (Å²) in [4.78, 5) is 0. The minimum Gasteiger partial charge on any atom is -0.551 e. The predicted octanol–water partition coefficient (Wildman–Crippen LogP) is 11.1. The number of ether oxygens (including phenoxy) is 1. The van der Waals surface area contributed by atoms with Crippen LogP contribution >= 0.6 is 0 Å². The number of hydrogen-bond donors (Lipinski definition) is 0. The van der Waals surface area contributed by atoms with Crippen LogP contribution in [0.15, 0.2) is 181 Å². The first kappa shape index (κ1) is 12.2. The smallest absolute Gasteiger partial charge is 0.434 e. The maximum absolute atomic E-state index is 9.90. The molecule has 52 heavy (non-hydrogen) atoms. The number of para-hydroxylation sites is 3. The molecule has 11 rings (SSSR count). The molecule has 2 aliphatic heterocycles. The second kappa shape index (κ2) is 11.4. The zero-order valence-corrected chi connectivity index (χ0v) is 25.8. The maximum Gasteiger partial charge on any atom is 0.434 e. The van der Waals surface area contributed by atoms with Crippen molar-refractivity contribution in [2.45, 2.75) is 0 Å². The van der Waals surface area contributed by atoms with Crippen molar-refractivity contribution in [2.24, 2.45) is 0 Å². The highest BCUT2D eigenvalue weighted by Gasteiger charge is 2.41. The van der Waals surface area contributed by atoms with Gasteiger partial charge >= 0.3 is 6.92 Å². The van der Waals surface area contributed by atoms with E-state index in [2.05, 4.69) is 0 Å². The Kier molecular flexibility index (Phi) is 2.66. The molecule has 0 atom stereocenters. The molecule has 1 aromatic heterocycles. The standard InChI is InChI=1S/C48H30BNO2/c1-2-13-31(14-3-1)36-17-4-5-18-37(36)34-28-41-40-21-8-11-24-45(40)52-49-42-26-25-33(29-46(42)51-47(30-34)48(41)49)32-15-12-16-35(27-32)50-43-22-9-6-19-38(43)39-20-7-10-23-44(39)50/h1-30H/i1D,2D,3D,4D,5D,6D,7D,8D,9D,10D,11D,12D,13D,14D,15D,16D,17D,18D,19D,20D,21D,22D,23D,24D,25D,26D,27D,28D,29D,30D. The normalized spacial score (nSPS) is 20.6. The minimum absolute atomic E-state index is 0.453. The van der Waals surface area contributed by atoms with Gasteiger partial charge in [0.25, 0.3) is 0 Å². The molecule has 9 aromatic rings. The van der Waals surface area contributed by atoms with Crippen molar-refractivity contribution < 1.29 is 50.5 Å². The van der Waals surface area contributed by atoms with Gasteiger partial charge in [0.2, 0.25) is 0 Å². The summed E-state index contributed by atoms with van der Waals surface area (Å²) in [5.41, 5.74) is -9.33. The van der Waals surface area contributed by atoms with E-state index >= 15 is 0 Å². The molecule has 0 amide bonds. The lowest BCUT2D eigenvalue weighted by atomic mass is 9.50. The van der Waals surface area contributed by atoms with Gasteiger partial charge in [-0.25, -0.2) is 0 Å². The number of aromatic nitrogens is 1. The van der Waals surface area contributed by atoms with E-state index in [0.717, 1.165) is 4.57 Å². The van der Waals surface area contributed by atoms with Gasteiger partial charge in [-0.05, 0) is 87.3 Å². The minimum atomic E-state index is -1.98. The maximum atomic E-state index is 9.90. The molecule has 0 saturated heterocycles. The molecule has 0 radical (unpaired) electrons. The van der Waals surface area contributed by atoms with E-state index in [1.165, 1.54) is 0 Å². The summed E-state index contributed by atoms with van der Waals surface area (Å²) in [6.45, 7) is -1.98. The lowest BCUT2D eigenvalue weighted by Crippen LogP contribution is -2.53. The molecule has 2 aliphatic rings. The molecule has 4 heteroatoms. The van der Waals surface area contributed by atoms with Crippen molar-refractivity contribution in [1.29, 1.82) is 0 Å². The van der Waals surface area contributed by atoms with Crippen molar-refractivity contribution >= 4 is 39.6 Å². The van der Waals surface area contributed by atoms with Crippen LogP contribution in [-0.4, -0.2) is 11.5 Å². The third-order valence-electron chi connectivity index (χ3n) is 8.48. The van der Waals surface area contributed by atoms with E-state index in [0.29, 0.717) is 0 Å². The van der Waals surface area contributed by atoms with Crippen LogP contribution in [-0.2, 0) is 0 Å². The molecule has 0 saturated carbocycles. The van der Waals surface area contributed by atoms with Gasteiger partial charge in [0.15, 0.2) is 0 Å². The Hall–Kier alpha value is -6.78. The number of nitrogens with zero attached hydrogens (tertiary/aromatic N) is 1. The van der Waals surface area contributed by atoms with Crippen LogP contribution in [0.5, 0.6) is 17.2 Å². The van der Waals surface area contributed by atoms with Crippen LogP contribution in [0.4, 0.5) is 0 Å². The molecule has 8 aromatic carbocycles. The molecule has 3 heterocycles. The summed E-state index contributed by atoms with van der Waals surface area (Å²) in [5, 5.41) is -0.977. The van der Waals surface area contributed by atoms with E-state index in [4.69, 9.17) is 38.2 Å².